The maximum Gasteiger partial charge on any atom is 0.426 e. The quantitative estimate of drug-likeness (QED) is 0.363. The molecule has 0 radical (unpaired) electrons. The highest BCUT2D eigenvalue weighted by Gasteiger charge is 2.39. The van der Waals surface area contributed by atoms with Crippen LogP contribution in [-0.2, 0) is 20.7 Å². The van der Waals surface area contributed by atoms with Gasteiger partial charge in [0.1, 0.15) is 10.2 Å². The predicted octanol–water partition coefficient (Wildman–Crippen LogP) is 2.65. The summed E-state index contributed by atoms with van der Waals surface area (Å²) in [6.07, 6.45) is 11.7. The monoisotopic (exact) mass is 466 g/mol. The van der Waals surface area contributed by atoms with E-state index in [1.54, 1.807) is 16.3 Å². The average Bonchev–Trinajstić information content (AvgIpc) is 2.85. The first kappa shape index (κ1) is 23.7. The summed E-state index contributed by atoms with van der Waals surface area (Å²) in [4.78, 5) is 29.0. The fourth-order valence-corrected chi connectivity index (χ4v) is 5.29. The summed E-state index contributed by atoms with van der Waals surface area (Å²) in [7, 11) is 0. The number of nitrogens with zero attached hydrogens (tertiary/aromatic N) is 2. The lowest BCUT2D eigenvalue weighted by atomic mass is 10.1. The molecule has 1 N–H and O–H groups in total. The van der Waals surface area contributed by atoms with Gasteiger partial charge in [-0.15, -0.1) is 4.58 Å². The molecule has 4 rings (SSSR count). The van der Waals surface area contributed by atoms with Crippen LogP contribution < -0.4 is 5.32 Å². The Labute approximate surface area is 200 Å². The highest BCUT2D eigenvalue weighted by molar-refractivity contribution is 8.05. The van der Waals surface area contributed by atoms with Crippen molar-refractivity contribution in [1.29, 1.82) is 0 Å². The number of rotatable bonds is 8. The molecule has 1 aromatic rings. The number of hydrogen-bond acceptors (Lipinski definition) is 5. The minimum Gasteiger partial charge on any atom is -0.379 e. The molecule has 2 heterocycles. The number of allylic oxidation sites excluding steroid dienone is 3. The van der Waals surface area contributed by atoms with Crippen molar-refractivity contribution in [2.75, 3.05) is 45.9 Å². The molecule has 1 aromatic carbocycles. The van der Waals surface area contributed by atoms with Gasteiger partial charge in [0.25, 0.3) is 5.91 Å². The van der Waals surface area contributed by atoms with Gasteiger partial charge in [-0.25, -0.2) is 4.79 Å². The zero-order chi connectivity index (χ0) is 23.0. The zero-order valence-corrected chi connectivity index (χ0v) is 20.0. The van der Waals surface area contributed by atoms with Gasteiger partial charge in [-0.2, -0.15) is 0 Å². The second-order valence-electron chi connectivity index (χ2n) is 8.36. The molecule has 174 valence electrons. The third-order valence-electron chi connectivity index (χ3n) is 6.04. The van der Waals surface area contributed by atoms with Crippen LogP contribution in [0.25, 0.3) is 6.08 Å². The van der Waals surface area contributed by atoms with Crippen LogP contribution in [0.4, 0.5) is 0 Å². The van der Waals surface area contributed by atoms with E-state index in [1.165, 1.54) is 5.56 Å². The molecule has 0 saturated carbocycles. The van der Waals surface area contributed by atoms with E-state index in [0.717, 1.165) is 57.0 Å². The van der Waals surface area contributed by atoms with E-state index in [1.807, 2.05) is 36.4 Å². The van der Waals surface area contributed by atoms with Gasteiger partial charge < -0.3 is 10.1 Å². The molecule has 7 heteroatoms. The highest BCUT2D eigenvalue weighted by Crippen LogP contribution is 2.32. The van der Waals surface area contributed by atoms with Gasteiger partial charge in [-0.3, -0.25) is 9.69 Å². The van der Waals surface area contributed by atoms with Crippen molar-refractivity contribution < 1.29 is 18.9 Å². The first-order chi connectivity index (χ1) is 16.1. The van der Waals surface area contributed by atoms with Gasteiger partial charge in [0.05, 0.1) is 13.2 Å². The molecule has 3 aliphatic rings. The predicted molar refractivity (Wildman–Crippen MR) is 133 cm³/mol. The first-order valence-corrected chi connectivity index (χ1v) is 12.6. The number of amides is 2. The number of carbonyl (C=O) groups is 2. The third-order valence-corrected chi connectivity index (χ3v) is 7.24. The van der Waals surface area contributed by atoms with E-state index in [2.05, 4.69) is 35.3 Å². The molecule has 33 heavy (non-hydrogen) atoms. The summed E-state index contributed by atoms with van der Waals surface area (Å²) >= 11 is 1.54. The van der Waals surface area contributed by atoms with Crippen LogP contribution in [0.5, 0.6) is 0 Å². The number of fused-ring (bicyclic) bond motifs is 1. The highest BCUT2D eigenvalue weighted by atomic mass is 32.2. The van der Waals surface area contributed by atoms with Crippen LogP contribution in [0.2, 0.25) is 0 Å². The van der Waals surface area contributed by atoms with Gasteiger partial charge in [-0.1, -0.05) is 61.2 Å². The number of carbonyl (C=O) groups excluding carboxylic acids is 2. The Morgan fingerprint density at radius 1 is 1.24 bits per heavy atom. The largest absolute Gasteiger partial charge is 0.426 e. The van der Waals surface area contributed by atoms with Crippen LogP contribution >= 0.6 is 11.8 Å². The van der Waals surface area contributed by atoms with Crippen LogP contribution in [0, 0.1) is 0 Å². The number of hydrogen-bond donors (Lipinski definition) is 1. The second kappa shape index (κ2) is 11.6. The van der Waals surface area contributed by atoms with E-state index in [-0.39, 0.29) is 23.6 Å². The molecule has 6 nitrogen and oxygen atoms in total. The number of thioether (sulfide) groups is 1. The number of ether oxygens (including phenoxy) is 1. The topological polar surface area (TPSA) is 61.6 Å². The van der Waals surface area contributed by atoms with Crippen molar-refractivity contribution >= 4 is 35.4 Å². The van der Waals surface area contributed by atoms with Crippen molar-refractivity contribution in [3.63, 3.8) is 0 Å². The third kappa shape index (κ3) is 6.31. The van der Waals surface area contributed by atoms with Crippen LogP contribution in [-0.4, -0.2) is 78.2 Å². The van der Waals surface area contributed by atoms with Crippen molar-refractivity contribution in [3.8, 4) is 0 Å². The van der Waals surface area contributed by atoms with E-state index in [9.17, 15) is 9.59 Å². The summed E-state index contributed by atoms with van der Waals surface area (Å²) in [5, 5.41) is 3.02. The second-order valence-corrected chi connectivity index (χ2v) is 9.54. The molecule has 2 amide bonds. The van der Waals surface area contributed by atoms with Gasteiger partial charge in [0.15, 0.2) is 0 Å². The number of morpholine rings is 1. The van der Waals surface area contributed by atoms with Crippen molar-refractivity contribution in [1.82, 2.24) is 10.2 Å². The smallest absolute Gasteiger partial charge is 0.379 e. The van der Waals surface area contributed by atoms with Crippen LogP contribution in [0.1, 0.15) is 24.5 Å². The molecular formula is C26H32N3O3S+. The maximum atomic E-state index is 13.3. The number of benzene rings is 1. The summed E-state index contributed by atoms with van der Waals surface area (Å²) in [6.45, 7) is 7.16. The van der Waals surface area contributed by atoms with Gasteiger partial charge in [-0.05, 0) is 36.6 Å². The molecule has 0 aromatic heterocycles. The Bertz CT molecular complexity index is 989. The van der Waals surface area contributed by atoms with Crippen molar-refractivity contribution in [2.45, 2.75) is 25.0 Å². The molecule has 1 atom stereocenters. The van der Waals surface area contributed by atoms with Crippen molar-refractivity contribution in [2.24, 2.45) is 0 Å². The molecule has 0 bridgehead atoms. The summed E-state index contributed by atoms with van der Waals surface area (Å²) in [5.41, 5.74) is 3.13. The van der Waals surface area contributed by atoms with E-state index in [0.29, 0.717) is 11.4 Å². The molecule has 1 saturated heterocycles. The van der Waals surface area contributed by atoms with Gasteiger partial charge in [0, 0.05) is 25.7 Å². The molecule has 1 aliphatic carbocycles. The minimum atomic E-state index is -0.127. The molecule has 0 spiro atoms. The molecule has 2 aliphatic heterocycles. The zero-order valence-electron chi connectivity index (χ0n) is 19.2. The summed E-state index contributed by atoms with van der Waals surface area (Å²) in [6, 6.07) is 8.27. The summed E-state index contributed by atoms with van der Waals surface area (Å²) < 4.78 is 7.00. The fraction of sp³-hybridized carbons (Fsp3) is 0.423. The Balaban J connectivity index is 1.41. The Hall–Kier alpha value is -2.48. The Morgan fingerprint density at radius 3 is 2.79 bits per heavy atom. The number of nitrogens with one attached hydrogen (secondary N) is 1. The van der Waals surface area contributed by atoms with Crippen molar-refractivity contribution in [3.05, 3.63) is 64.6 Å². The average molecular weight is 467 g/mol. The Morgan fingerprint density at radius 2 is 2.03 bits per heavy atom. The SMILES string of the molecule is CCc1ccc(/C=C2/SC3C=CC=CC3=[N+](CC(=O)NCCCN3CCOCC3)C2=O)cc1. The molecule has 1 unspecified atom stereocenters. The van der Waals surface area contributed by atoms with E-state index in [4.69, 9.17) is 4.74 Å². The fourth-order valence-electron chi connectivity index (χ4n) is 4.11. The first-order valence-electron chi connectivity index (χ1n) is 11.7. The minimum absolute atomic E-state index is 0.0305. The van der Waals surface area contributed by atoms with Gasteiger partial charge in [0.2, 0.25) is 12.3 Å². The van der Waals surface area contributed by atoms with E-state index >= 15 is 0 Å². The lowest BCUT2D eigenvalue weighted by molar-refractivity contribution is -0.434. The lowest BCUT2D eigenvalue weighted by Crippen LogP contribution is -2.44. The number of aryl methyl sites for hydroxylation is 1. The molecular weight excluding hydrogens is 434 g/mol. The molecule has 1 fully saturated rings. The maximum absolute atomic E-state index is 13.3. The Kier molecular flexibility index (Phi) is 8.31. The standard InChI is InChI=1S/C26H31N3O3S/c1-2-20-8-10-21(11-9-20)18-24-26(31)29(22-6-3-4-7-23(22)33-24)19-25(30)27-12-5-13-28-14-16-32-17-15-28/h3-4,6-11,18,23H,2,5,12-17,19H2,1H3/p+1/b24-18+. The van der Waals surface area contributed by atoms with Crippen LogP contribution in [0.15, 0.2) is 53.5 Å². The van der Waals surface area contributed by atoms with Gasteiger partial charge >= 0.3 is 5.91 Å². The lowest BCUT2D eigenvalue weighted by Gasteiger charge is -2.26. The van der Waals surface area contributed by atoms with Crippen LogP contribution in [0.3, 0.4) is 0 Å². The van der Waals surface area contributed by atoms with E-state index < -0.39 is 0 Å². The normalized spacial score (nSPS) is 22.0. The summed E-state index contributed by atoms with van der Waals surface area (Å²) in [5.74, 6) is -0.243.